The molecule has 0 saturated carbocycles. The molecule has 0 bridgehead atoms. The van der Waals surface area contributed by atoms with Crippen molar-refractivity contribution in [3.05, 3.63) is 83.4 Å². The van der Waals surface area contributed by atoms with Crippen LogP contribution in [0.25, 0.3) is 32.6 Å². The van der Waals surface area contributed by atoms with Crippen LogP contribution in [-0.4, -0.2) is 4.57 Å². The smallest absolute Gasteiger partial charge is 0.0560 e. The molecule has 0 saturated heterocycles. The van der Waals surface area contributed by atoms with Gasteiger partial charge in [0, 0.05) is 20.8 Å². The Kier molecular flexibility index (Phi) is 3.14. The zero-order valence-electron chi connectivity index (χ0n) is 13.1. The van der Waals surface area contributed by atoms with Crippen LogP contribution in [0.5, 0.6) is 0 Å². The molecule has 1 aliphatic carbocycles. The summed E-state index contributed by atoms with van der Waals surface area (Å²) in [6, 6.07) is 20.1. The summed E-state index contributed by atoms with van der Waals surface area (Å²) in [7, 11) is 0. The van der Waals surface area contributed by atoms with Crippen LogP contribution >= 0.6 is 15.9 Å². The summed E-state index contributed by atoms with van der Waals surface area (Å²) in [6.07, 6.45) is 9.88. The molecular weight excluding hydrogens is 358 g/mol. The van der Waals surface area contributed by atoms with E-state index in [9.17, 15) is 0 Å². The summed E-state index contributed by atoms with van der Waals surface area (Å²) in [6.45, 7) is 0. The first kappa shape index (κ1) is 14.1. The number of rotatable bonds is 1. The molecule has 2 heteroatoms. The molecule has 1 atom stereocenters. The van der Waals surface area contributed by atoms with Crippen molar-refractivity contribution >= 4 is 48.5 Å². The topological polar surface area (TPSA) is 4.93 Å². The Morgan fingerprint density at radius 3 is 2.38 bits per heavy atom. The van der Waals surface area contributed by atoms with Crippen LogP contribution in [-0.2, 0) is 0 Å². The van der Waals surface area contributed by atoms with E-state index in [2.05, 4.69) is 99.4 Å². The van der Waals surface area contributed by atoms with Gasteiger partial charge in [0.1, 0.15) is 0 Å². The molecule has 0 N–H and O–H groups in total. The quantitative estimate of drug-likeness (QED) is 0.347. The van der Waals surface area contributed by atoms with E-state index in [0.29, 0.717) is 6.04 Å². The fraction of sp³-hybridized carbons (Fsp3) is 0.0909. The van der Waals surface area contributed by atoms with Crippen molar-refractivity contribution in [3.8, 4) is 0 Å². The molecule has 0 spiro atoms. The molecule has 116 valence electrons. The maximum absolute atomic E-state index is 3.79. The Balaban J connectivity index is 2.01. The van der Waals surface area contributed by atoms with E-state index in [1.165, 1.54) is 32.6 Å². The fourth-order valence-corrected chi connectivity index (χ4v) is 4.49. The van der Waals surface area contributed by atoms with Crippen molar-refractivity contribution in [2.75, 3.05) is 0 Å². The zero-order valence-corrected chi connectivity index (χ0v) is 14.7. The molecule has 0 amide bonds. The van der Waals surface area contributed by atoms with E-state index in [4.69, 9.17) is 0 Å². The molecular formula is C22H16BrN. The number of para-hydroxylation sites is 1. The second-order valence-corrected chi connectivity index (χ2v) is 7.16. The van der Waals surface area contributed by atoms with Crippen molar-refractivity contribution in [2.45, 2.75) is 12.5 Å². The molecule has 0 aliphatic heterocycles. The van der Waals surface area contributed by atoms with E-state index in [-0.39, 0.29) is 0 Å². The van der Waals surface area contributed by atoms with Crippen molar-refractivity contribution in [1.29, 1.82) is 0 Å². The highest BCUT2D eigenvalue weighted by Gasteiger charge is 2.19. The van der Waals surface area contributed by atoms with Crippen molar-refractivity contribution in [1.82, 2.24) is 4.57 Å². The van der Waals surface area contributed by atoms with Gasteiger partial charge in [-0.05, 0) is 29.3 Å². The Labute approximate surface area is 149 Å². The number of aromatic nitrogens is 1. The molecule has 3 aromatic carbocycles. The first-order valence-corrected chi connectivity index (χ1v) is 9.07. The summed E-state index contributed by atoms with van der Waals surface area (Å²) in [5, 5.41) is 5.27. The van der Waals surface area contributed by atoms with Crippen molar-refractivity contribution in [3.63, 3.8) is 0 Å². The predicted octanol–water partition coefficient (Wildman–Crippen LogP) is 6.77. The predicted molar refractivity (Wildman–Crippen MR) is 107 cm³/mol. The van der Waals surface area contributed by atoms with Crippen LogP contribution in [0.1, 0.15) is 12.5 Å². The Morgan fingerprint density at radius 1 is 0.833 bits per heavy atom. The summed E-state index contributed by atoms with van der Waals surface area (Å²) < 4.78 is 3.65. The standard InChI is InChI=1S/C22H16BrN/c23-19-14-21-22(17-11-5-4-10-16(17)19)18-12-6-7-13-20(18)24(21)15-8-2-1-3-9-15/h1-8,10-15H,9H2. The largest absolute Gasteiger partial charge is 0.333 e. The normalized spacial score (nSPS) is 17.3. The average Bonchev–Trinajstić information content (AvgIpc) is 2.97. The first-order valence-electron chi connectivity index (χ1n) is 8.28. The Morgan fingerprint density at radius 2 is 1.58 bits per heavy atom. The van der Waals surface area contributed by atoms with Gasteiger partial charge >= 0.3 is 0 Å². The third kappa shape index (κ3) is 1.93. The van der Waals surface area contributed by atoms with Gasteiger partial charge in [-0.2, -0.15) is 0 Å². The molecule has 1 unspecified atom stereocenters. The second kappa shape index (κ2) is 5.35. The monoisotopic (exact) mass is 373 g/mol. The summed E-state index contributed by atoms with van der Waals surface area (Å²) >= 11 is 3.79. The van der Waals surface area contributed by atoms with Crippen LogP contribution in [0.15, 0.2) is 83.4 Å². The van der Waals surface area contributed by atoms with Gasteiger partial charge in [0.05, 0.1) is 11.6 Å². The number of nitrogens with zero attached hydrogens (tertiary/aromatic N) is 1. The van der Waals surface area contributed by atoms with Gasteiger partial charge in [-0.25, -0.2) is 0 Å². The lowest BCUT2D eigenvalue weighted by Crippen LogP contribution is -2.06. The minimum Gasteiger partial charge on any atom is -0.333 e. The first-order chi connectivity index (χ1) is 11.8. The second-order valence-electron chi connectivity index (χ2n) is 6.30. The maximum Gasteiger partial charge on any atom is 0.0560 e. The minimum absolute atomic E-state index is 0.366. The van der Waals surface area contributed by atoms with Crippen LogP contribution in [0, 0.1) is 0 Å². The third-order valence-electron chi connectivity index (χ3n) is 4.96. The minimum atomic E-state index is 0.366. The van der Waals surface area contributed by atoms with E-state index in [1.54, 1.807) is 0 Å². The fourth-order valence-electron chi connectivity index (χ4n) is 3.93. The molecule has 4 aromatic rings. The zero-order chi connectivity index (χ0) is 16.1. The number of allylic oxidation sites excluding steroid dienone is 4. The van der Waals surface area contributed by atoms with E-state index in [0.717, 1.165) is 10.9 Å². The highest BCUT2D eigenvalue weighted by molar-refractivity contribution is 9.10. The van der Waals surface area contributed by atoms with Gasteiger partial charge in [0.15, 0.2) is 0 Å². The number of benzene rings is 3. The third-order valence-corrected chi connectivity index (χ3v) is 5.61. The van der Waals surface area contributed by atoms with Gasteiger partial charge in [-0.15, -0.1) is 0 Å². The van der Waals surface area contributed by atoms with Gasteiger partial charge in [0.2, 0.25) is 0 Å². The lowest BCUT2D eigenvalue weighted by atomic mass is 10.0. The molecule has 1 nitrogen and oxygen atoms in total. The van der Waals surface area contributed by atoms with E-state index in [1.807, 2.05) is 0 Å². The van der Waals surface area contributed by atoms with Gasteiger partial charge in [0.25, 0.3) is 0 Å². The van der Waals surface area contributed by atoms with E-state index >= 15 is 0 Å². The van der Waals surface area contributed by atoms with E-state index < -0.39 is 0 Å². The van der Waals surface area contributed by atoms with Crippen LogP contribution in [0.2, 0.25) is 0 Å². The molecule has 0 fully saturated rings. The molecule has 0 radical (unpaired) electrons. The molecule has 1 aromatic heterocycles. The number of hydrogen-bond donors (Lipinski definition) is 0. The Hall–Kier alpha value is -2.32. The molecule has 24 heavy (non-hydrogen) atoms. The van der Waals surface area contributed by atoms with Gasteiger partial charge in [-0.1, -0.05) is 82.7 Å². The van der Waals surface area contributed by atoms with Gasteiger partial charge < -0.3 is 4.57 Å². The number of halogens is 1. The summed E-state index contributed by atoms with van der Waals surface area (Å²) in [5.74, 6) is 0. The van der Waals surface area contributed by atoms with Crippen LogP contribution < -0.4 is 0 Å². The Bertz CT molecular complexity index is 1150. The SMILES string of the molecule is Brc1cc2c(c3ccccc13)c1ccccc1n2C1C=CC=CC1. The van der Waals surface area contributed by atoms with Crippen molar-refractivity contribution < 1.29 is 0 Å². The lowest BCUT2D eigenvalue weighted by Gasteiger charge is -2.18. The molecule has 1 heterocycles. The molecule has 1 aliphatic rings. The highest BCUT2D eigenvalue weighted by Crippen LogP contribution is 2.40. The maximum atomic E-state index is 3.79. The molecule has 5 rings (SSSR count). The van der Waals surface area contributed by atoms with Crippen LogP contribution in [0.3, 0.4) is 0 Å². The lowest BCUT2D eigenvalue weighted by molar-refractivity contribution is 0.648. The summed E-state index contributed by atoms with van der Waals surface area (Å²) in [5.41, 5.74) is 2.60. The number of hydrogen-bond acceptors (Lipinski definition) is 0. The van der Waals surface area contributed by atoms with Gasteiger partial charge in [-0.3, -0.25) is 0 Å². The summed E-state index contributed by atoms with van der Waals surface area (Å²) in [4.78, 5) is 0. The van der Waals surface area contributed by atoms with Crippen LogP contribution in [0.4, 0.5) is 0 Å². The number of fused-ring (bicyclic) bond motifs is 5. The average molecular weight is 374 g/mol. The van der Waals surface area contributed by atoms with Crippen molar-refractivity contribution in [2.24, 2.45) is 0 Å². The highest BCUT2D eigenvalue weighted by atomic mass is 79.9.